The van der Waals surface area contributed by atoms with Crippen molar-refractivity contribution in [3.05, 3.63) is 0 Å². The van der Waals surface area contributed by atoms with E-state index in [1.54, 1.807) is 11.8 Å². The number of nitrogens with zero attached hydrogens (tertiary/aromatic N) is 1. The van der Waals surface area contributed by atoms with Gasteiger partial charge >= 0.3 is 6.03 Å². The molecular formula is C7H14N4OS. The van der Waals surface area contributed by atoms with Crippen LogP contribution in [0.5, 0.6) is 0 Å². The predicted molar refractivity (Wildman–Crippen MR) is 54.9 cm³/mol. The number of nitrogens with one attached hydrogen (secondary N) is 2. The van der Waals surface area contributed by atoms with Gasteiger partial charge in [-0.2, -0.15) is 0 Å². The summed E-state index contributed by atoms with van der Waals surface area (Å²) in [6.07, 6.45) is 0. The topological polar surface area (TPSA) is 79.5 Å². The highest BCUT2D eigenvalue weighted by Gasteiger charge is 2.13. The molecular weight excluding hydrogens is 188 g/mol. The first-order chi connectivity index (χ1) is 6.18. The highest BCUT2D eigenvalue weighted by atomic mass is 32.2. The van der Waals surface area contributed by atoms with Crippen LogP contribution in [0.4, 0.5) is 4.79 Å². The van der Waals surface area contributed by atoms with Crippen LogP contribution < -0.4 is 16.4 Å². The average Bonchev–Trinajstić information content (AvgIpc) is 2.45. The summed E-state index contributed by atoms with van der Waals surface area (Å²) in [5.74, 6) is 0. The number of nitrogens with two attached hydrogens (primary N) is 1. The van der Waals surface area contributed by atoms with Crippen LogP contribution in [0.15, 0.2) is 4.99 Å². The van der Waals surface area contributed by atoms with Gasteiger partial charge in [-0.05, 0) is 0 Å². The van der Waals surface area contributed by atoms with Crippen molar-refractivity contribution in [2.24, 2.45) is 10.7 Å². The van der Waals surface area contributed by atoms with Crippen LogP contribution in [-0.4, -0.2) is 36.1 Å². The molecule has 0 bridgehead atoms. The van der Waals surface area contributed by atoms with Crippen LogP contribution in [0.1, 0.15) is 6.92 Å². The molecule has 0 aliphatic carbocycles. The van der Waals surface area contributed by atoms with Crippen molar-refractivity contribution in [2.75, 3.05) is 19.6 Å². The summed E-state index contributed by atoms with van der Waals surface area (Å²) >= 11 is 1.72. The van der Waals surface area contributed by atoms with Crippen molar-refractivity contribution in [2.45, 2.75) is 12.2 Å². The standard InChI is InChI=1S/C7H14N4OS/c1-5-4-11-7(13-5)10-3-2-9-6(8)12/h5H,2-4H2,1H3,(H,10,11)(H3,8,9,12). The van der Waals surface area contributed by atoms with Gasteiger partial charge in [-0.3, -0.25) is 4.99 Å². The molecule has 2 amide bonds. The van der Waals surface area contributed by atoms with E-state index >= 15 is 0 Å². The molecule has 1 aliphatic rings. The molecule has 0 aromatic rings. The third-order valence-corrected chi connectivity index (χ3v) is 2.55. The Morgan fingerprint density at radius 3 is 3.08 bits per heavy atom. The summed E-state index contributed by atoms with van der Waals surface area (Å²) in [4.78, 5) is 14.6. The van der Waals surface area contributed by atoms with Gasteiger partial charge in [0.05, 0.1) is 6.54 Å². The lowest BCUT2D eigenvalue weighted by Gasteiger charge is -2.05. The smallest absolute Gasteiger partial charge is 0.312 e. The fourth-order valence-corrected chi connectivity index (χ4v) is 1.79. The minimum Gasteiger partial charge on any atom is -0.363 e. The Kier molecular flexibility index (Phi) is 3.88. The normalized spacial score (nSPS) is 21.0. The zero-order valence-corrected chi connectivity index (χ0v) is 8.36. The van der Waals surface area contributed by atoms with Gasteiger partial charge in [0.25, 0.3) is 0 Å². The second-order valence-electron chi connectivity index (χ2n) is 2.79. The Labute approximate surface area is 81.5 Å². The number of aliphatic imine (C=N–C) groups is 1. The molecule has 1 atom stereocenters. The lowest BCUT2D eigenvalue weighted by Crippen LogP contribution is -2.36. The summed E-state index contributed by atoms with van der Waals surface area (Å²) in [5.41, 5.74) is 4.90. The number of thioether (sulfide) groups is 1. The molecule has 6 heteroatoms. The van der Waals surface area contributed by atoms with Crippen molar-refractivity contribution in [1.29, 1.82) is 0 Å². The van der Waals surface area contributed by atoms with E-state index in [-0.39, 0.29) is 0 Å². The van der Waals surface area contributed by atoms with Gasteiger partial charge < -0.3 is 16.4 Å². The van der Waals surface area contributed by atoms with Crippen molar-refractivity contribution >= 4 is 23.0 Å². The first-order valence-electron chi connectivity index (χ1n) is 4.17. The maximum absolute atomic E-state index is 10.3. The minimum absolute atomic E-state index is 0.490. The molecule has 1 unspecified atom stereocenters. The van der Waals surface area contributed by atoms with Gasteiger partial charge in [0.1, 0.15) is 0 Å². The van der Waals surface area contributed by atoms with E-state index in [1.807, 2.05) is 0 Å². The lowest BCUT2D eigenvalue weighted by atomic mass is 10.5. The van der Waals surface area contributed by atoms with Gasteiger partial charge in [-0.1, -0.05) is 18.7 Å². The van der Waals surface area contributed by atoms with E-state index in [0.29, 0.717) is 18.3 Å². The molecule has 4 N–H and O–H groups in total. The SMILES string of the molecule is CC1CN=C(NCCNC(N)=O)S1. The number of rotatable bonds is 3. The number of carbonyl (C=O) groups excluding carboxylic acids is 1. The zero-order chi connectivity index (χ0) is 9.68. The van der Waals surface area contributed by atoms with E-state index in [9.17, 15) is 4.79 Å². The Morgan fingerprint density at radius 1 is 1.77 bits per heavy atom. The van der Waals surface area contributed by atoms with Crippen LogP contribution in [0.2, 0.25) is 0 Å². The van der Waals surface area contributed by atoms with Crippen LogP contribution in [0.3, 0.4) is 0 Å². The van der Waals surface area contributed by atoms with Gasteiger partial charge in [0.15, 0.2) is 5.17 Å². The average molecular weight is 202 g/mol. The van der Waals surface area contributed by atoms with E-state index in [2.05, 4.69) is 22.5 Å². The van der Waals surface area contributed by atoms with Crippen molar-refractivity contribution in [1.82, 2.24) is 10.6 Å². The fraction of sp³-hybridized carbons (Fsp3) is 0.714. The molecule has 1 rings (SSSR count). The van der Waals surface area contributed by atoms with Crippen LogP contribution in [0.25, 0.3) is 0 Å². The first-order valence-corrected chi connectivity index (χ1v) is 5.04. The van der Waals surface area contributed by atoms with E-state index in [0.717, 1.165) is 11.7 Å². The summed E-state index contributed by atoms with van der Waals surface area (Å²) in [5, 5.41) is 7.12. The second kappa shape index (κ2) is 4.96. The van der Waals surface area contributed by atoms with Gasteiger partial charge in [-0.25, -0.2) is 4.79 Å². The summed E-state index contributed by atoms with van der Waals surface area (Å²) in [6, 6.07) is -0.490. The predicted octanol–water partition coefficient (Wildman–Crippen LogP) is -0.264. The number of carbonyl (C=O) groups is 1. The van der Waals surface area contributed by atoms with Crippen molar-refractivity contribution < 1.29 is 4.79 Å². The minimum atomic E-state index is -0.490. The van der Waals surface area contributed by atoms with E-state index in [4.69, 9.17) is 5.73 Å². The number of amides is 2. The van der Waals surface area contributed by atoms with Crippen molar-refractivity contribution in [3.63, 3.8) is 0 Å². The van der Waals surface area contributed by atoms with Crippen LogP contribution in [-0.2, 0) is 0 Å². The molecule has 13 heavy (non-hydrogen) atoms. The molecule has 5 nitrogen and oxygen atoms in total. The molecule has 1 aliphatic heterocycles. The largest absolute Gasteiger partial charge is 0.363 e. The fourth-order valence-electron chi connectivity index (χ4n) is 0.929. The molecule has 0 fully saturated rings. The molecule has 0 aromatic carbocycles. The van der Waals surface area contributed by atoms with Gasteiger partial charge in [0, 0.05) is 18.3 Å². The molecule has 0 aromatic heterocycles. The summed E-state index contributed by atoms with van der Waals surface area (Å²) in [6.45, 7) is 4.20. The van der Waals surface area contributed by atoms with Crippen LogP contribution >= 0.6 is 11.8 Å². The first kappa shape index (κ1) is 10.2. The highest BCUT2D eigenvalue weighted by Crippen LogP contribution is 2.17. The quantitative estimate of drug-likeness (QED) is 0.551. The van der Waals surface area contributed by atoms with Crippen LogP contribution in [0, 0.1) is 0 Å². The number of amidine groups is 1. The molecule has 1 heterocycles. The Bertz CT molecular complexity index is 219. The molecule has 0 spiro atoms. The molecule has 0 radical (unpaired) electrons. The third kappa shape index (κ3) is 4.02. The molecule has 0 saturated heterocycles. The van der Waals surface area contributed by atoms with E-state index < -0.39 is 6.03 Å². The third-order valence-electron chi connectivity index (χ3n) is 1.51. The van der Waals surface area contributed by atoms with Gasteiger partial charge in [0.2, 0.25) is 0 Å². The van der Waals surface area contributed by atoms with Gasteiger partial charge in [-0.15, -0.1) is 0 Å². The summed E-state index contributed by atoms with van der Waals surface area (Å²) < 4.78 is 0. The molecule has 0 saturated carbocycles. The number of hydrogen-bond acceptors (Lipinski definition) is 4. The summed E-state index contributed by atoms with van der Waals surface area (Å²) in [7, 11) is 0. The van der Waals surface area contributed by atoms with E-state index in [1.165, 1.54) is 0 Å². The molecule has 74 valence electrons. The Hall–Kier alpha value is -0.910. The lowest BCUT2D eigenvalue weighted by molar-refractivity contribution is 0.249. The number of hydrogen-bond donors (Lipinski definition) is 3. The highest BCUT2D eigenvalue weighted by molar-refractivity contribution is 8.14. The zero-order valence-electron chi connectivity index (χ0n) is 7.54. The monoisotopic (exact) mass is 202 g/mol. The Balaban J connectivity index is 2.03. The number of urea groups is 1. The second-order valence-corrected chi connectivity index (χ2v) is 4.22. The number of primary amides is 1. The maximum Gasteiger partial charge on any atom is 0.312 e. The van der Waals surface area contributed by atoms with Crippen molar-refractivity contribution in [3.8, 4) is 0 Å². The maximum atomic E-state index is 10.3. The Morgan fingerprint density at radius 2 is 2.54 bits per heavy atom.